The molecule has 1 aliphatic carbocycles. The Kier molecular flexibility index (Phi) is 11.6. The van der Waals surface area contributed by atoms with Crippen LogP contribution in [0, 0.1) is 5.92 Å². The molecule has 7 nitrogen and oxygen atoms in total. The summed E-state index contributed by atoms with van der Waals surface area (Å²) >= 11 is 0. The topological polar surface area (TPSA) is 89.9 Å². The number of carbonyl (C=O) groups is 2. The lowest BCUT2D eigenvalue weighted by Crippen LogP contribution is -2.34. The molecule has 2 heterocycles. The third-order valence-corrected chi connectivity index (χ3v) is 7.52. The Labute approximate surface area is 232 Å². The molecule has 1 amide bonds. The van der Waals surface area contributed by atoms with Crippen LogP contribution >= 0.6 is 0 Å². The lowest BCUT2D eigenvalue weighted by atomic mass is 9.86. The molecule has 0 saturated heterocycles. The van der Waals surface area contributed by atoms with Crippen LogP contribution in [-0.2, 0) is 19.1 Å². The minimum absolute atomic E-state index is 0.0890. The number of ether oxygens (including phenoxy) is 2. The third kappa shape index (κ3) is 9.65. The zero-order chi connectivity index (χ0) is 27.1. The van der Waals surface area contributed by atoms with Gasteiger partial charge in [0.2, 0.25) is 5.91 Å². The summed E-state index contributed by atoms with van der Waals surface area (Å²) in [7, 11) is 0. The molecule has 4 rings (SSSR count). The van der Waals surface area contributed by atoms with Gasteiger partial charge in [-0.05, 0) is 48.8 Å². The minimum Gasteiger partial charge on any atom is -0.448 e. The van der Waals surface area contributed by atoms with Gasteiger partial charge in [0.15, 0.2) is 6.04 Å². The highest BCUT2D eigenvalue weighted by Gasteiger charge is 2.30. The van der Waals surface area contributed by atoms with Crippen LogP contribution in [0.25, 0.3) is 6.08 Å². The predicted octanol–water partition coefficient (Wildman–Crippen LogP) is 6.21. The molecule has 2 atom stereocenters. The van der Waals surface area contributed by atoms with Crippen LogP contribution in [0.15, 0.2) is 65.9 Å². The number of hydrogen-bond acceptors (Lipinski definition) is 6. The fourth-order valence-corrected chi connectivity index (χ4v) is 5.30. The number of rotatable bonds is 13. The number of carbonyl (C=O) groups excluding carboxylic acids is 2. The summed E-state index contributed by atoms with van der Waals surface area (Å²) in [5.41, 5.74) is 1.94. The van der Waals surface area contributed by atoms with E-state index in [0.29, 0.717) is 13.0 Å². The molecule has 1 aromatic heterocycles. The molecule has 2 unspecified atom stereocenters. The maximum atomic E-state index is 13.1. The molecule has 1 aliphatic heterocycles. The molecule has 2 aliphatic rings. The average Bonchev–Trinajstić information content (AvgIpc) is 3.44. The number of nitrogens with zero attached hydrogens (tertiary/aromatic N) is 2. The number of benzene rings is 1. The highest BCUT2D eigenvalue weighted by Crippen LogP contribution is 2.28. The minimum atomic E-state index is -0.682. The number of unbranched alkanes of at least 4 members (excludes halogenated alkanes) is 2. The van der Waals surface area contributed by atoms with Crippen LogP contribution in [-0.4, -0.2) is 42.1 Å². The molecule has 1 saturated carbocycles. The number of aliphatic imine (C=N–C) groups is 1. The van der Waals surface area contributed by atoms with E-state index in [1.165, 1.54) is 38.5 Å². The fourth-order valence-electron chi connectivity index (χ4n) is 5.30. The van der Waals surface area contributed by atoms with Crippen molar-refractivity contribution in [2.24, 2.45) is 10.9 Å². The third-order valence-electron chi connectivity index (χ3n) is 7.52. The number of esters is 1. The standard InChI is InChI=1S/C32H41N3O4/c36-30(34-22-11-10-15-25-13-4-1-5-14-25)29-24-38-32(35-29)39-31(37)28(27-18-7-3-8-19-27)20-9-2-6-16-26-17-12-21-33-23-26/h3,6-8,12,16-19,21,23,25,28-29H,1-2,4-5,9-11,13-15,20,22,24H2,(H,34,36). The van der Waals surface area contributed by atoms with E-state index < -0.39 is 17.9 Å². The van der Waals surface area contributed by atoms with Crippen LogP contribution in [0.4, 0.5) is 0 Å². The quantitative estimate of drug-likeness (QED) is 0.245. The van der Waals surface area contributed by atoms with Gasteiger partial charge in [0, 0.05) is 18.9 Å². The number of nitrogens with one attached hydrogen (secondary N) is 1. The van der Waals surface area contributed by atoms with Gasteiger partial charge >= 0.3 is 12.1 Å². The maximum absolute atomic E-state index is 13.1. The van der Waals surface area contributed by atoms with Crippen molar-refractivity contribution in [1.29, 1.82) is 0 Å². The van der Waals surface area contributed by atoms with Crippen LogP contribution < -0.4 is 5.32 Å². The van der Waals surface area contributed by atoms with Gasteiger partial charge in [-0.2, -0.15) is 4.99 Å². The van der Waals surface area contributed by atoms with Gasteiger partial charge in [-0.3, -0.25) is 14.6 Å². The molecule has 39 heavy (non-hydrogen) atoms. The van der Waals surface area contributed by atoms with Gasteiger partial charge in [0.25, 0.3) is 0 Å². The van der Waals surface area contributed by atoms with Gasteiger partial charge in [-0.1, -0.05) is 93.5 Å². The van der Waals surface area contributed by atoms with E-state index in [1.54, 1.807) is 6.20 Å². The highest BCUT2D eigenvalue weighted by atomic mass is 16.7. The van der Waals surface area contributed by atoms with E-state index in [4.69, 9.17) is 9.47 Å². The Morgan fingerprint density at radius 3 is 2.69 bits per heavy atom. The van der Waals surface area contributed by atoms with Crippen molar-refractivity contribution >= 4 is 24.0 Å². The molecule has 1 fully saturated rings. The van der Waals surface area contributed by atoms with Crippen molar-refractivity contribution in [3.05, 3.63) is 72.1 Å². The fraction of sp³-hybridized carbons (Fsp3) is 0.500. The summed E-state index contributed by atoms with van der Waals surface area (Å²) in [6, 6.07) is 12.8. The zero-order valence-electron chi connectivity index (χ0n) is 22.8. The second kappa shape index (κ2) is 15.8. The van der Waals surface area contributed by atoms with E-state index in [2.05, 4.69) is 21.4 Å². The van der Waals surface area contributed by atoms with E-state index >= 15 is 0 Å². The summed E-state index contributed by atoms with van der Waals surface area (Å²) in [6.07, 6.45) is 20.0. The molecule has 2 aromatic rings. The van der Waals surface area contributed by atoms with Gasteiger partial charge in [0.1, 0.15) is 6.61 Å². The predicted molar refractivity (Wildman–Crippen MR) is 153 cm³/mol. The van der Waals surface area contributed by atoms with Crippen molar-refractivity contribution < 1.29 is 19.1 Å². The van der Waals surface area contributed by atoms with Gasteiger partial charge in [0.05, 0.1) is 5.92 Å². The number of allylic oxidation sites excluding steroid dienone is 1. The van der Waals surface area contributed by atoms with Crippen LogP contribution in [0.3, 0.4) is 0 Å². The molecule has 1 N–H and O–H groups in total. The Balaban J connectivity index is 1.21. The Morgan fingerprint density at radius 2 is 1.90 bits per heavy atom. The van der Waals surface area contributed by atoms with Gasteiger partial charge in [-0.25, -0.2) is 0 Å². The first-order valence-corrected chi connectivity index (χ1v) is 14.5. The number of hydrogen-bond donors (Lipinski definition) is 1. The normalized spacial score (nSPS) is 18.4. The molecule has 7 heteroatoms. The zero-order valence-corrected chi connectivity index (χ0v) is 22.8. The summed E-state index contributed by atoms with van der Waals surface area (Å²) in [4.78, 5) is 34.0. The molecule has 0 spiro atoms. The number of aromatic nitrogens is 1. The van der Waals surface area contributed by atoms with Crippen molar-refractivity contribution in [3.8, 4) is 0 Å². The summed E-state index contributed by atoms with van der Waals surface area (Å²) in [6.45, 7) is 0.726. The number of amides is 1. The average molecular weight is 532 g/mol. The molecule has 0 radical (unpaired) electrons. The molecular weight excluding hydrogens is 490 g/mol. The first-order chi connectivity index (χ1) is 19.2. The second-order valence-electron chi connectivity index (χ2n) is 10.5. The Morgan fingerprint density at radius 1 is 1.05 bits per heavy atom. The Hall–Kier alpha value is -3.48. The SMILES string of the molecule is O=C(NCCCCC1CCCCC1)C1COC(OC(=O)C(CCCC=Cc2cccnc2)c2ccccc2)=N1. The summed E-state index contributed by atoms with van der Waals surface area (Å²) in [5.74, 6) is -0.178. The van der Waals surface area contributed by atoms with Gasteiger partial charge in [-0.15, -0.1) is 0 Å². The molecule has 208 valence electrons. The van der Waals surface area contributed by atoms with Crippen LogP contribution in [0.2, 0.25) is 0 Å². The van der Waals surface area contributed by atoms with E-state index in [9.17, 15) is 9.59 Å². The monoisotopic (exact) mass is 531 g/mol. The van der Waals surface area contributed by atoms with E-state index in [-0.39, 0.29) is 18.6 Å². The lowest BCUT2D eigenvalue weighted by molar-refractivity contribution is -0.139. The van der Waals surface area contributed by atoms with Crippen molar-refractivity contribution in [1.82, 2.24) is 10.3 Å². The van der Waals surface area contributed by atoms with Crippen LogP contribution in [0.5, 0.6) is 0 Å². The summed E-state index contributed by atoms with van der Waals surface area (Å²) in [5, 5.41) is 2.96. The molecule has 1 aromatic carbocycles. The van der Waals surface area contributed by atoms with Crippen molar-refractivity contribution in [2.45, 2.75) is 82.6 Å². The number of pyridine rings is 1. The van der Waals surface area contributed by atoms with Crippen LogP contribution in [0.1, 0.15) is 87.7 Å². The van der Waals surface area contributed by atoms with Crippen molar-refractivity contribution in [3.63, 3.8) is 0 Å². The molecular formula is C32H41N3O4. The highest BCUT2D eigenvalue weighted by molar-refractivity contribution is 5.92. The first kappa shape index (κ1) is 28.5. The second-order valence-corrected chi connectivity index (χ2v) is 10.5. The van der Waals surface area contributed by atoms with E-state index in [1.807, 2.05) is 54.7 Å². The largest absolute Gasteiger partial charge is 0.448 e. The lowest BCUT2D eigenvalue weighted by Gasteiger charge is -2.21. The van der Waals surface area contributed by atoms with Crippen molar-refractivity contribution in [2.75, 3.05) is 13.2 Å². The van der Waals surface area contributed by atoms with E-state index in [0.717, 1.165) is 42.7 Å². The Bertz CT molecular complexity index is 1080. The molecule has 0 bridgehead atoms. The smallest absolute Gasteiger partial charge is 0.392 e. The summed E-state index contributed by atoms with van der Waals surface area (Å²) < 4.78 is 11.0. The maximum Gasteiger partial charge on any atom is 0.392 e. The first-order valence-electron chi connectivity index (χ1n) is 14.5. The van der Waals surface area contributed by atoms with Gasteiger partial charge < -0.3 is 14.8 Å².